The van der Waals surface area contributed by atoms with Crippen LogP contribution in [0.5, 0.6) is 0 Å². The second-order valence-corrected chi connectivity index (χ2v) is 12.0. The van der Waals surface area contributed by atoms with Gasteiger partial charge >= 0.3 is 0 Å². The van der Waals surface area contributed by atoms with Gasteiger partial charge in [0, 0.05) is 6.61 Å². The summed E-state index contributed by atoms with van der Waals surface area (Å²) in [5, 5.41) is 8.90. The van der Waals surface area contributed by atoms with Crippen LogP contribution in [0, 0.1) is 0 Å². The predicted molar refractivity (Wildman–Crippen MR) is 91.0 cm³/mol. The average Bonchev–Trinajstić information content (AvgIpc) is 3.13. The summed E-state index contributed by atoms with van der Waals surface area (Å²) in [6, 6.07) is 0. The van der Waals surface area contributed by atoms with Gasteiger partial charge in [-0.3, -0.25) is 0 Å². The number of epoxide rings is 1. The summed E-state index contributed by atoms with van der Waals surface area (Å²) in [4.78, 5) is 0. The summed E-state index contributed by atoms with van der Waals surface area (Å²) in [6.07, 6.45) is 11.7. The molecule has 0 bridgehead atoms. The van der Waals surface area contributed by atoms with Crippen molar-refractivity contribution in [2.24, 2.45) is 0 Å². The third-order valence-corrected chi connectivity index (χ3v) is 8.87. The molecule has 0 aromatic rings. The third kappa shape index (κ3) is 6.91. The molecule has 1 N–H and O–H groups in total. The Bertz CT molecular complexity index is 356. The number of aliphatic hydroxyl groups is 1. The van der Waals surface area contributed by atoms with Gasteiger partial charge in [0.25, 0.3) is 0 Å². The van der Waals surface area contributed by atoms with E-state index in [0.717, 1.165) is 25.9 Å². The lowest BCUT2D eigenvalue weighted by molar-refractivity contribution is 0.241. The Balaban J connectivity index is 2.14. The summed E-state index contributed by atoms with van der Waals surface area (Å²) < 4.78 is 11.8. The van der Waals surface area contributed by atoms with Crippen LogP contribution in [0.4, 0.5) is 0 Å². The van der Waals surface area contributed by atoms with Crippen LogP contribution >= 0.6 is 0 Å². The Labute approximate surface area is 131 Å². The Morgan fingerprint density at radius 3 is 2.38 bits per heavy atom. The molecule has 0 aliphatic carbocycles. The van der Waals surface area contributed by atoms with Gasteiger partial charge in [0.1, 0.15) is 6.10 Å². The summed E-state index contributed by atoms with van der Waals surface area (Å²) in [5.74, 6) is 0. The minimum Gasteiger partial charge on any atom is -0.414 e. The van der Waals surface area contributed by atoms with E-state index in [2.05, 4.69) is 52.1 Å². The van der Waals surface area contributed by atoms with Gasteiger partial charge in [0.2, 0.25) is 0 Å². The Morgan fingerprint density at radius 1 is 1.10 bits per heavy atom. The lowest BCUT2D eigenvalue weighted by atomic mass is 10.2. The lowest BCUT2D eigenvalue weighted by Gasteiger charge is -2.36. The number of hydrogen-bond donors (Lipinski definition) is 1. The quantitative estimate of drug-likeness (QED) is 0.397. The number of rotatable bonds is 9. The molecule has 0 spiro atoms. The molecule has 1 fully saturated rings. The van der Waals surface area contributed by atoms with Crippen molar-refractivity contribution < 1.29 is 14.3 Å². The van der Waals surface area contributed by atoms with E-state index in [9.17, 15) is 0 Å². The van der Waals surface area contributed by atoms with Crippen LogP contribution in [0.15, 0.2) is 24.3 Å². The Hall–Kier alpha value is -0.423. The normalized spacial score (nSPS) is 23.3. The topological polar surface area (TPSA) is 42.0 Å². The van der Waals surface area contributed by atoms with Gasteiger partial charge in [-0.2, -0.15) is 0 Å². The molecule has 0 aromatic carbocycles. The van der Waals surface area contributed by atoms with Gasteiger partial charge in [-0.25, -0.2) is 0 Å². The third-order valence-electron chi connectivity index (χ3n) is 4.37. The highest BCUT2D eigenvalue weighted by Crippen LogP contribution is 2.38. The smallest absolute Gasteiger partial charge is 0.192 e. The number of allylic oxidation sites excluding steroid dienone is 2. The van der Waals surface area contributed by atoms with Crippen LogP contribution < -0.4 is 0 Å². The number of hydrogen-bond acceptors (Lipinski definition) is 3. The second kappa shape index (κ2) is 8.27. The van der Waals surface area contributed by atoms with Crippen molar-refractivity contribution in [1.29, 1.82) is 0 Å². The first-order valence-electron chi connectivity index (χ1n) is 7.98. The van der Waals surface area contributed by atoms with Crippen molar-refractivity contribution in [2.45, 2.75) is 70.4 Å². The van der Waals surface area contributed by atoms with Gasteiger partial charge in [-0.05, 0) is 37.4 Å². The maximum absolute atomic E-state index is 8.64. The van der Waals surface area contributed by atoms with Crippen LogP contribution in [0.25, 0.3) is 0 Å². The van der Waals surface area contributed by atoms with Crippen molar-refractivity contribution in [3.05, 3.63) is 24.3 Å². The molecule has 0 unspecified atom stereocenters. The van der Waals surface area contributed by atoms with E-state index >= 15 is 0 Å². The summed E-state index contributed by atoms with van der Waals surface area (Å²) in [5.41, 5.74) is 0. The van der Waals surface area contributed by atoms with E-state index < -0.39 is 8.32 Å². The van der Waals surface area contributed by atoms with Crippen LogP contribution in [-0.4, -0.2) is 38.8 Å². The molecular weight excluding hydrogens is 280 g/mol. The Morgan fingerprint density at radius 2 is 1.76 bits per heavy atom. The average molecular weight is 313 g/mol. The SMILES string of the molecule is CC(C)(C)[Si](C)(C)OC[C@H]1O[C@H]1C/C=C\C/C=C\CCO. The van der Waals surface area contributed by atoms with Crippen molar-refractivity contribution >= 4 is 8.32 Å². The molecule has 122 valence electrons. The van der Waals surface area contributed by atoms with Gasteiger partial charge in [-0.15, -0.1) is 0 Å². The van der Waals surface area contributed by atoms with E-state index in [4.69, 9.17) is 14.3 Å². The summed E-state index contributed by atoms with van der Waals surface area (Å²) in [6.45, 7) is 12.3. The summed E-state index contributed by atoms with van der Waals surface area (Å²) >= 11 is 0. The van der Waals surface area contributed by atoms with E-state index in [1.807, 2.05) is 6.08 Å². The first kappa shape index (κ1) is 18.6. The highest BCUT2D eigenvalue weighted by molar-refractivity contribution is 6.74. The minimum absolute atomic E-state index is 0.228. The molecule has 3 nitrogen and oxygen atoms in total. The molecule has 1 saturated heterocycles. The van der Waals surface area contributed by atoms with Gasteiger partial charge in [-0.1, -0.05) is 45.1 Å². The molecule has 2 atom stereocenters. The van der Waals surface area contributed by atoms with Gasteiger partial charge in [0.15, 0.2) is 8.32 Å². The molecule has 1 heterocycles. The van der Waals surface area contributed by atoms with E-state index in [0.29, 0.717) is 6.10 Å². The zero-order valence-electron chi connectivity index (χ0n) is 14.3. The second-order valence-electron chi connectivity index (χ2n) is 7.21. The molecule has 0 radical (unpaired) electrons. The van der Waals surface area contributed by atoms with Crippen LogP contribution in [0.2, 0.25) is 18.1 Å². The number of aliphatic hydroxyl groups excluding tert-OH is 1. The van der Waals surface area contributed by atoms with Crippen molar-refractivity contribution in [3.8, 4) is 0 Å². The van der Waals surface area contributed by atoms with Crippen LogP contribution in [-0.2, 0) is 9.16 Å². The fourth-order valence-corrected chi connectivity index (χ4v) is 2.75. The Kier molecular flexibility index (Phi) is 7.34. The highest BCUT2D eigenvalue weighted by atomic mass is 28.4. The monoisotopic (exact) mass is 312 g/mol. The first-order valence-corrected chi connectivity index (χ1v) is 10.9. The lowest BCUT2D eigenvalue weighted by Crippen LogP contribution is -2.41. The van der Waals surface area contributed by atoms with Crippen molar-refractivity contribution in [3.63, 3.8) is 0 Å². The summed E-state index contributed by atoms with van der Waals surface area (Å²) in [7, 11) is -1.64. The zero-order chi connectivity index (χ0) is 15.9. The van der Waals surface area contributed by atoms with Crippen molar-refractivity contribution in [2.75, 3.05) is 13.2 Å². The molecule has 1 aliphatic rings. The van der Waals surface area contributed by atoms with Gasteiger partial charge < -0.3 is 14.3 Å². The molecule has 1 rings (SSSR count). The highest BCUT2D eigenvalue weighted by Gasteiger charge is 2.42. The zero-order valence-corrected chi connectivity index (χ0v) is 15.3. The van der Waals surface area contributed by atoms with Crippen LogP contribution in [0.3, 0.4) is 0 Å². The molecular formula is C17H32O3Si. The number of ether oxygens (including phenoxy) is 1. The first-order chi connectivity index (χ1) is 9.78. The molecule has 1 aliphatic heterocycles. The maximum atomic E-state index is 8.64. The fourth-order valence-electron chi connectivity index (χ4n) is 1.73. The largest absolute Gasteiger partial charge is 0.414 e. The predicted octanol–water partition coefficient (Wildman–Crippen LogP) is 4.05. The minimum atomic E-state index is -1.64. The van der Waals surface area contributed by atoms with Crippen LogP contribution in [0.1, 0.15) is 40.0 Å². The van der Waals surface area contributed by atoms with E-state index in [-0.39, 0.29) is 17.7 Å². The maximum Gasteiger partial charge on any atom is 0.192 e. The molecule has 0 saturated carbocycles. The molecule has 0 amide bonds. The van der Waals surface area contributed by atoms with Gasteiger partial charge in [0.05, 0.1) is 12.7 Å². The van der Waals surface area contributed by atoms with E-state index in [1.54, 1.807) is 0 Å². The molecule has 0 aromatic heterocycles. The van der Waals surface area contributed by atoms with Crippen molar-refractivity contribution in [1.82, 2.24) is 0 Å². The molecule has 4 heteroatoms. The van der Waals surface area contributed by atoms with E-state index in [1.165, 1.54) is 0 Å². The fraction of sp³-hybridized carbons (Fsp3) is 0.765. The standard InChI is InChI=1S/C17H32O3Si/c1-17(2,3)21(4,5)19-14-16-15(20-16)12-10-8-6-7-9-11-13-18/h7-10,15-16,18H,6,11-14H2,1-5H3/b9-7-,10-8-/t15-,16+/m0/s1. The molecule has 21 heavy (non-hydrogen) atoms.